The van der Waals surface area contributed by atoms with Gasteiger partial charge in [-0.25, -0.2) is 0 Å². The van der Waals surface area contributed by atoms with Crippen LogP contribution in [-0.4, -0.2) is 25.0 Å². The van der Waals surface area contributed by atoms with Crippen LogP contribution in [0, 0.1) is 27.7 Å². The lowest BCUT2D eigenvalue weighted by molar-refractivity contribution is 0.475. The highest BCUT2D eigenvalue weighted by Gasteiger charge is 2.08. The number of phenolic OH excluding ortho intramolecular Hbond substituents is 1. The molecule has 0 bridgehead atoms. The molecule has 6 nitrogen and oxygen atoms in total. The van der Waals surface area contributed by atoms with Crippen molar-refractivity contribution in [2.45, 2.75) is 27.7 Å². The maximum Gasteiger partial charge on any atom is 0.128 e. The third kappa shape index (κ3) is 11.3. The van der Waals surface area contributed by atoms with Crippen molar-refractivity contribution in [3.63, 3.8) is 0 Å². The Morgan fingerprint density at radius 3 is 1.09 bits per heavy atom. The van der Waals surface area contributed by atoms with E-state index in [-0.39, 0.29) is 5.75 Å². The van der Waals surface area contributed by atoms with E-state index in [1.54, 1.807) is 30.7 Å². The number of hydrogen-bond donors (Lipinski definition) is 1. The normalized spacial score (nSPS) is 10.3. The van der Waals surface area contributed by atoms with Crippen molar-refractivity contribution in [1.29, 1.82) is 0 Å². The topological polar surface area (TPSA) is 81.0 Å². The van der Waals surface area contributed by atoms with Crippen molar-refractivity contribution in [2.24, 2.45) is 0 Å². The van der Waals surface area contributed by atoms with E-state index in [2.05, 4.69) is 87.0 Å². The van der Waals surface area contributed by atoms with Crippen LogP contribution in [0.15, 0.2) is 175 Å². The fourth-order valence-electron chi connectivity index (χ4n) is 5.97. The van der Waals surface area contributed by atoms with Gasteiger partial charge < -0.3 is 9.84 Å². The number of aryl methyl sites for hydroxylation is 4. The standard InChI is InChI=1S/C24H20N2O.C12H10BrN.C12H11NO/c1-17-11-19(23-7-3-5-9-25-23)15-21(13-17)27-22-14-18(2)12-20(16-22)24-8-4-6-10-26-24;1-9-6-10(8-11(13)7-9)12-4-2-3-5-14-12;1-9-6-10(8-11(14)7-9)12-4-2-3-5-13-12/h3-16H,1-2H3;2-8H,1H3;2-8,14H,1H3. The molecule has 1 N–H and O–H groups in total. The molecule has 272 valence electrons. The molecule has 0 fully saturated rings. The van der Waals surface area contributed by atoms with Crippen molar-refractivity contribution < 1.29 is 9.84 Å². The van der Waals surface area contributed by atoms with E-state index in [0.717, 1.165) is 77.7 Å². The van der Waals surface area contributed by atoms with Crippen LogP contribution in [0.5, 0.6) is 17.2 Å². The van der Waals surface area contributed by atoms with Gasteiger partial charge >= 0.3 is 0 Å². The molecule has 0 saturated carbocycles. The minimum absolute atomic E-state index is 0.283. The van der Waals surface area contributed by atoms with Gasteiger partial charge in [0.15, 0.2) is 0 Å². The predicted octanol–water partition coefficient (Wildman–Crippen LogP) is 12.8. The Morgan fingerprint density at radius 2 is 0.745 bits per heavy atom. The zero-order valence-corrected chi connectivity index (χ0v) is 32.8. The van der Waals surface area contributed by atoms with Gasteiger partial charge in [0.1, 0.15) is 17.2 Å². The lowest BCUT2D eigenvalue weighted by atomic mass is 10.1. The van der Waals surface area contributed by atoms with Crippen LogP contribution in [0.2, 0.25) is 0 Å². The molecule has 0 aliphatic rings. The Morgan fingerprint density at radius 1 is 0.400 bits per heavy atom. The van der Waals surface area contributed by atoms with Crippen LogP contribution in [0.4, 0.5) is 0 Å². The van der Waals surface area contributed by atoms with E-state index in [9.17, 15) is 5.11 Å². The number of pyridine rings is 4. The van der Waals surface area contributed by atoms with Gasteiger partial charge in [-0.2, -0.15) is 0 Å². The van der Waals surface area contributed by atoms with Crippen LogP contribution in [-0.2, 0) is 0 Å². The molecule has 55 heavy (non-hydrogen) atoms. The van der Waals surface area contributed by atoms with Crippen molar-refractivity contribution in [3.05, 3.63) is 197 Å². The van der Waals surface area contributed by atoms with Crippen LogP contribution < -0.4 is 4.74 Å². The van der Waals surface area contributed by atoms with E-state index in [1.807, 2.05) is 116 Å². The van der Waals surface area contributed by atoms with Gasteiger partial charge in [0.05, 0.1) is 22.8 Å². The molecular weight excluding hydrogens is 744 g/mol. The summed E-state index contributed by atoms with van der Waals surface area (Å²) in [6, 6.07) is 47.6. The Kier molecular flexibility index (Phi) is 12.9. The van der Waals surface area contributed by atoms with E-state index in [1.165, 1.54) is 5.56 Å². The summed E-state index contributed by atoms with van der Waals surface area (Å²) in [6.45, 7) is 8.16. The van der Waals surface area contributed by atoms with Crippen LogP contribution in [0.25, 0.3) is 45.0 Å². The molecule has 0 saturated heterocycles. The van der Waals surface area contributed by atoms with Crippen LogP contribution >= 0.6 is 15.9 Å². The number of aromatic nitrogens is 4. The van der Waals surface area contributed by atoms with E-state index < -0.39 is 0 Å². The molecule has 0 amide bonds. The first kappa shape index (κ1) is 38.3. The lowest BCUT2D eigenvalue weighted by Crippen LogP contribution is -1.91. The van der Waals surface area contributed by atoms with Gasteiger partial charge in [0.25, 0.3) is 0 Å². The summed E-state index contributed by atoms with van der Waals surface area (Å²) in [4.78, 5) is 17.4. The largest absolute Gasteiger partial charge is 0.508 e. The number of aromatic hydroxyl groups is 1. The molecule has 0 spiro atoms. The molecule has 0 radical (unpaired) electrons. The van der Waals surface area contributed by atoms with Gasteiger partial charge in [-0.3, -0.25) is 19.9 Å². The highest BCUT2D eigenvalue weighted by Crippen LogP contribution is 2.31. The SMILES string of the molecule is Cc1cc(Br)cc(-c2ccccn2)c1.Cc1cc(O)cc(-c2ccccn2)c1.Cc1cc(Oc2cc(C)cc(-c3ccccn3)c2)cc(-c2ccccn2)c1. The second-order valence-electron chi connectivity index (χ2n) is 13.1. The monoisotopic (exact) mass is 784 g/mol. The summed E-state index contributed by atoms with van der Waals surface area (Å²) < 4.78 is 7.30. The second-order valence-corrected chi connectivity index (χ2v) is 14.0. The molecule has 0 aliphatic heterocycles. The Balaban J connectivity index is 0.000000155. The first-order valence-electron chi connectivity index (χ1n) is 17.8. The molecule has 0 atom stereocenters. The first-order valence-corrected chi connectivity index (χ1v) is 18.6. The summed E-state index contributed by atoms with van der Waals surface area (Å²) in [7, 11) is 0. The number of ether oxygens (including phenoxy) is 1. The van der Waals surface area contributed by atoms with Gasteiger partial charge in [-0.05, 0) is 171 Å². The minimum atomic E-state index is 0.283. The molecule has 0 unspecified atom stereocenters. The maximum atomic E-state index is 9.43. The molecule has 4 aromatic heterocycles. The van der Waals surface area contributed by atoms with Crippen LogP contribution in [0.1, 0.15) is 22.3 Å². The molecule has 7 heteroatoms. The molecule has 4 aromatic carbocycles. The minimum Gasteiger partial charge on any atom is -0.508 e. The first-order chi connectivity index (χ1) is 26.7. The number of benzene rings is 4. The van der Waals surface area contributed by atoms with Gasteiger partial charge in [-0.1, -0.05) is 40.2 Å². The summed E-state index contributed by atoms with van der Waals surface area (Å²) in [6.07, 6.45) is 7.16. The molecule has 8 rings (SSSR count). The molecular formula is C48H41BrN4O2. The lowest BCUT2D eigenvalue weighted by Gasteiger charge is -2.11. The van der Waals surface area contributed by atoms with E-state index in [0.29, 0.717) is 0 Å². The number of hydrogen-bond acceptors (Lipinski definition) is 6. The molecule has 0 aliphatic carbocycles. The van der Waals surface area contributed by atoms with Crippen molar-refractivity contribution in [1.82, 2.24) is 19.9 Å². The molecule has 4 heterocycles. The highest BCUT2D eigenvalue weighted by atomic mass is 79.9. The van der Waals surface area contributed by atoms with Crippen molar-refractivity contribution in [2.75, 3.05) is 0 Å². The zero-order valence-electron chi connectivity index (χ0n) is 31.2. The Bertz CT molecular complexity index is 2250. The average Bonchev–Trinajstić information content (AvgIpc) is 3.19. The van der Waals surface area contributed by atoms with Crippen molar-refractivity contribution >= 4 is 15.9 Å². The number of halogens is 1. The quantitative estimate of drug-likeness (QED) is 0.181. The Labute approximate surface area is 331 Å². The van der Waals surface area contributed by atoms with Crippen molar-refractivity contribution in [3.8, 4) is 62.3 Å². The smallest absolute Gasteiger partial charge is 0.128 e. The average molecular weight is 786 g/mol. The van der Waals surface area contributed by atoms with Gasteiger partial charge in [-0.15, -0.1) is 0 Å². The third-order valence-electron chi connectivity index (χ3n) is 8.28. The van der Waals surface area contributed by atoms with E-state index in [4.69, 9.17) is 4.74 Å². The fourth-order valence-corrected chi connectivity index (χ4v) is 6.58. The number of rotatable bonds is 6. The zero-order chi connectivity index (χ0) is 38.6. The third-order valence-corrected chi connectivity index (χ3v) is 8.74. The highest BCUT2D eigenvalue weighted by molar-refractivity contribution is 9.10. The fraction of sp³-hybridized carbons (Fsp3) is 0.0833. The predicted molar refractivity (Wildman–Crippen MR) is 227 cm³/mol. The summed E-state index contributed by atoms with van der Waals surface area (Å²) in [5.74, 6) is 1.88. The number of nitrogens with zero attached hydrogens (tertiary/aromatic N) is 4. The van der Waals surface area contributed by atoms with Gasteiger partial charge in [0, 0.05) is 51.5 Å². The Hall–Kier alpha value is -6.44. The number of phenols is 1. The van der Waals surface area contributed by atoms with Gasteiger partial charge in [0.2, 0.25) is 0 Å². The second kappa shape index (κ2) is 18.5. The maximum absolute atomic E-state index is 9.43. The summed E-state index contributed by atoms with van der Waals surface area (Å²) in [5.41, 5.74) is 12.5. The van der Waals surface area contributed by atoms with Crippen LogP contribution in [0.3, 0.4) is 0 Å². The summed E-state index contributed by atoms with van der Waals surface area (Å²) >= 11 is 3.48. The van der Waals surface area contributed by atoms with E-state index >= 15 is 0 Å². The summed E-state index contributed by atoms with van der Waals surface area (Å²) in [5, 5.41) is 9.43. The molecule has 8 aromatic rings.